The first-order valence-electron chi connectivity index (χ1n) is 6.85. The van der Waals surface area contributed by atoms with Crippen LogP contribution in [-0.4, -0.2) is 23.8 Å². The molecule has 1 aromatic heterocycles. The fraction of sp³-hybridized carbons (Fsp3) is 0.0588. The summed E-state index contributed by atoms with van der Waals surface area (Å²) in [4.78, 5) is 27.3. The first kappa shape index (κ1) is 14.8. The fourth-order valence-corrected chi connectivity index (χ4v) is 2.34. The van der Waals surface area contributed by atoms with Gasteiger partial charge >= 0.3 is 0 Å². The van der Waals surface area contributed by atoms with Gasteiger partial charge in [0.15, 0.2) is 0 Å². The number of halogens is 1. The van der Waals surface area contributed by atoms with Gasteiger partial charge in [-0.3, -0.25) is 9.59 Å². The number of amides is 1. The molecule has 0 spiro atoms. The van der Waals surface area contributed by atoms with E-state index in [1.165, 1.54) is 31.5 Å². The number of aromatic amines is 1. The number of methoxy groups -OCH3 is 1. The average Bonchev–Trinajstić information content (AvgIpc) is 2.97. The highest BCUT2D eigenvalue weighted by Gasteiger charge is 2.21. The van der Waals surface area contributed by atoms with E-state index < -0.39 is 17.5 Å². The highest BCUT2D eigenvalue weighted by molar-refractivity contribution is 6.48. The molecular formula is C17H13FN2O3. The number of hydrogen-bond acceptors (Lipinski definition) is 3. The van der Waals surface area contributed by atoms with Gasteiger partial charge in [-0.2, -0.15) is 0 Å². The molecule has 0 radical (unpaired) electrons. The van der Waals surface area contributed by atoms with Crippen molar-refractivity contribution in [3.05, 3.63) is 60.0 Å². The van der Waals surface area contributed by atoms with Crippen LogP contribution in [0, 0.1) is 5.82 Å². The molecule has 0 saturated carbocycles. The number of Topliss-reactive ketones (excluding diaryl/α,β-unsaturated/α-hetero) is 1. The lowest BCUT2D eigenvalue weighted by atomic mass is 10.1. The quantitative estimate of drug-likeness (QED) is 0.574. The molecule has 0 saturated heterocycles. The molecule has 1 heterocycles. The fourth-order valence-electron chi connectivity index (χ4n) is 2.34. The number of H-pyrrole nitrogens is 1. The number of hydrogen-bond donors (Lipinski definition) is 2. The van der Waals surface area contributed by atoms with Gasteiger partial charge in [-0.05, 0) is 30.3 Å². The SMILES string of the molecule is COc1ccccc1NC(=O)C(=O)c1c[nH]c2cc(F)ccc12. The Morgan fingerprint density at radius 3 is 2.74 bits per heavy atom. The van der Waals surface area contributed by atoms with Crippen molar-refractivity contribution in [2.45, 2.75) is 0 Å². The van der Waals surface area contributed by atoms with Crippen LogP contribution in [0.5, 0.6) is 5.75 Å². The third kappa shape index (κ3) is 2.78. The predicted octanol–water partition coefficient (Wildman–Crippen LogP) is 3.14. The van der Waals surface area contributed by atoms with Crippen LogP contribution in [0.2, 0.25) is 0 Å². The van der Waals surface area contributed by atoms with Crippen molar-refractivity contribution in [2.75, 3.05) is 12.4 Å². The molecule has 1 amide bonds. The maximum absolute atomic E-state index is 13.2. The minimum Gasteiger partial charge on any atom is -0.495 e. The molecule has 0 aliphatic rings. The Bertz CT molecular complexity index is 902. The molecule has 5 nitrogen and oxygen atoms in total. The second-order valence-electron chi connectivity index (χ2n) is 4.88. The van der Waals surface area contributed by atoms with Crippen molar-refractivity contribution < 1.29 is 18.7 Å². The van der Waals surface area contributed by atoms with Gasteiger partial charge in [0, 0.05) is 17.1 Å². The van der Waals surface area contributed by atoms with Gasteiger partial charge in [-0.15, -0.1) is 0 Å². The number of benzene rings is 2. The van der Waals surface area contributed by atoms with Crippen LogP contribution in [0.4, 0.5) is 10.1 Å². The molecule has 0 atom stereocenters. The number of fused-ring (bicyclic) bond motifs is 1. The summed E-state index contributed by atoms with van der Waals surface area (Å²) in [6.07, 6.45) is 1.40. The summed E-state index contributed by atoms with van der Waals surface area (Å²) in [7, 11) is 1.47. The van der Waals surface area contributed by atoms with Crippen molar-refractivity contribution in [3.8, 4) is 5.75 Å². The predicted molar refractivity (Wildman–Crippen MR) is 84.2 cm³/mol. The Hall–Kier alpha value is -3.15. The number of aromatic nitrogens is 1. The van der Waals surface area contributed by atoms with E-state index in [4.69, 9.17) is 4.74 Å². The summed E-state index contributed by atoms with van der Waals surface area (Å²) in [6.45, 7) is 0. The average molecular weight is 312 g/mol. The van der Waals surface area contributed by atoms with Crippen LogP contribution in [0.25, 0.3) is 10.9 Å². The van der Waals surface area contributed by atoms with E-state index in [0.717, 1.165) is 0 Å². The monoisotopic (exact) mass is 312 g/mol. The largest absolute Gasteiger partial charge is 0.495 e. The molecular weight excluding hydrogens is 299 g/mol. The highest BCUT2D eigenvalue weighted by atomic mass is 19.1. The third-order valence-electron chi connectivity index (χ3n) is 3.45. The van der Waals surface area contributed by atoms with Gasteiger partial charge in [0.25, 0.3) is 11.7 Å². The summed E-state index contributed by atoms with van der Waals surface area (Å²) in [5.74, 6) is -1.47. The number of nitrogens with one attached hydrogen (secondary N) is 2. The van der Waals surface area contributed by atoms with E-state index in [1.54, 1.807) is 24.3 Å². The highest BCUT2D eigenvalue weighted by Crippen LogP contribution is 2.24. The third-order valence-corrected chi connectivity index (χ3v) is 3.45. The van der Waals surface area contributed by atoms with Crippen molar-refractivity contribution in [1.82, 2.24) is 4.98 Å². The van der Waals surface area contributed by atoms with Crippen LogP contribution in [0.15, 0.2) is 48.7 Å². The van der Waals surface area contributed by atoms with E-state index in [2.05, 4.69) is 10.3 Å². The number of carbonyl (C=O) groups excluding carboxylic acids is 2. The van der Waals surface area contributed by atoms with Gasteiger partial charge in [-0.1, -0.05) is 12.1 Å². The smallest absolute Gasteiger partial charge is 0.296 e. The van der Waals surface area contributed by atoms with E-state index >= 15 is 0 Å². The molecule has 0 fully saturated rings. The normalized spacial score (nSPS) is 10.5. The van der Waals surface area contributed by atoms with Gasteiger partial charge < -0.3 is 15.0 Å². The maximum Gasteiger partial charge on any atom is 0.296 e. The molecule has 3 aromatic rings. The summed E-state index contributed by atoms with van der Waals surface area (Å²) in [5.41, 5.74) is 1.05. The molecule has 2 N–H and O–H groups in total. The van der Waals surface area contributed by atoms with E-state index in [-0.39, 0.29) is 5.56 Å². The number of ketones is 1. The lowest BCUT2D eigenvalue weighted by Crippen LogP contribution is -2.22. The van der Waals surface area contributed by atoms with Gasteiger partial charge in [0.1, 0.15) is 11.6 Å². The molecule has 6 heteroatoms. The Kier molecular flexibility index (Phi) is 3.80. The Morgan fingerprint density at radius 2 is 1.96 bits per heavy atom. The van der Waals surface area contributed by atoms with Crippen LogP contribution in [-0.2, 0) is 4.79 Å². The van der Waals surface area contributed by atoms with Gasteiger partial charge in [0.05, 0.1) is 18.4 Å². The molecule has 0 aliphatic carbocycles. The molecule has 116 valence electrons. The molecule has 0 aliphatic heterocycles. The Morgan fingerprint density at radius 1 is 1.17 bits per heavy atom. The molecule has 2 aromatic carbocycles. The summed E-state index contributed by atoms with van der Waals surface area (Å²) in [6, 6.07) is 10.8. The first-order valence-corrected chi connectivity index (χ1v) is 6.85. The number of rotatable bonds is 4. The number of ether oxygens (including phenoxy) is 1. The maximum atomic E-state index is 13.2. The lowest BCUT2D eigenvalue weighted by molar-refractivity contribution is -0.112. The van der Waals surface area contributed by atoms with E-state index in [0.29, 0.717) is 22.3 Å². The Labute approximate surface area is 131 Å². The van der Waals surface area contributed by atoms with Crippen LogP contribution in [0.1, 0.15) is 10.4 Å². The summed E-state index contributed by atoms with van der Waals surface area (Å²) in [5, 5.41) is 3.02. The minimum absolute atomic E-state index is 0.187. The zero-order chi connectivity index (χ0) is 16.4. The van der Waals surface area contributed by atoms with Gasteiger partial charge in [0.2, 0.25) is 0 Å². The standard InChI is InChI=1S/C17H13FN2O3/c1-23-15-5-3-2-4-13(15)20-17(22)16(21)12-9-19-14-8-10(18)6-7-11(12)14/h2-9,19H,1H3,(H,20,22). The number of carbonyl (C=O) groups is 2. The van der Waals surface area contributed by atoms with Crippen molar-refractivity contribution >= 4 is 28.3 Å². The van der Waals surface area contributed by atoms with Crippen molar-refractivity contribution in [1.29, 1.82) is 0 Å². The Balaban J connectivity index is 1.88. The molecule has 23 heavy (non-hydrogen) atoms. The number of anilines is 1. The van der Waals surface area contributed by atoms with Crippen LogP contribution >= 0.6 is 0 Å². The van der Waals surface area contributed by atoms with Crippen molar-refractivity contribution in [2.24, 2.45) is 0 Å². The van der Waals surface area contributed by atoms with Gasteiger partial charge in [-0.25, -0.2) is 4.39 Å². The topological polar surface area (TPSA) is 71.2 Å². The summed E-state index contributed by atoms with van der Waals surface area (Å²) >= 11 is 0. The zero-order valence-corrected chi connectivity index (χ0v) is 12.2. The molecule has 0 bridgehead atoms. The van der Waals surface area contributed by atoms with Crippen LogP contribution < -0.4 is 10.1 Å². The van der Waals surface area contributed by atoms with Crippen molar-refractivity contribution in [3.63, 3.8) is 0 Å². The minimum atomic E-state index is -0.792. The zero-order valence-electron chi connectivity index (χ0n) is 12.2. The first-order chi connectivity index (χ1) is 11.1. The second-order valence-corrected chi connectivity index (χ2v) is 4.88. The van der Waals surface area contributed by atoms with Crippen LogP contribution in [0.3, 0.4) is 0 Å². The molecule has 0 unspecified atom stereocenters. The number of para-hydroxylation sites is 2. The van der Waals surface area contributed by atoms with E-state index in [9.17, 15) is 14.0 Å². The summed E-state index contributed by atoms with van der Waals surface area (Å²) < 4.78 is 18.3. The van der Waals surface area contributed by atoms with E-state index in [1.807, 2.05) is 0 Å². The lowest BCUT2D eigenvalue weighted by Gasteiger charge is -2.08. The second kappa shape index (κ2) is 5.92. The molecule has 3 rings (SSSR count).